The number of nitrogens with one attached hydrogen (secondary N) is 2. The molecular weight excluding hydrogens is 290 g/mol. The largest absolute Gasteiger partial charge is 0.356 e. The van der Waals surface area contributed by atoms with E-state index in [-0.39, 0.29) is 0 Å². The number of piperidine rings is 1. The van der Waals surface area contributed by atoms with Crippen molar-refractivity contribution in [2.75, 3.05) is 33.7 Å². The van der Waals surface area contributed by atoms with Crippen molar-refractivity contribution in [3.8, 4) is 0 Å². The van der Waals surface area contributed by atoms with Crippen LogP contribution in [0.1, 0.15) is 18.7 Å². The van der Waals surface area contributed by atoms with E-state index < -0.39 is 0 Å². The average molecular weight is 315 g/mol. The van der Waals surface area contributed by atoms with Crippen LogP contribution >= 0.6 is 0 Å². The third-order valence-corrected chi connectivity index (χ3v) is 4.30. The smallest absolute Gasteiger partial charge is 0.191 e. The molecule has 1 aliphatic heterocycles. The van der Waals surface area contributed by atoms with E-state index in [2.05, 4.69) is 37.8 Å². The highest BCUT2D eigenvalue weighted by Gasteiger charge is 2.17. The van der Waals surface area contributed by atoms with Crippen molar-refractivity contribution in [2.24, 2.45) is 10.9 Å². The van der Waals surface area contributed by atoms with Crippen LogP contribution in [0.15, 0.2) is 29.4 Å². The molecule has 3 heterocycles. The summed E-state index contributed by atoms with van der Waals surface area (Å²) in [4.78, 5) is 6.69. The van der Waals surface area contributed by atoms with E-state index in [9.17, 15) is 0 Å². The van der Waals surface area contributed by atoms with Crippen molar-refractivity contribution in [1.82, 2.24) is 30.1 Å². The Kier molecular flexibility index (Phi) is 5.07. The molecule has 7 nitrogen and oxygen atoms in total. The van der Waals surface area contributed by atoms with Gasteiger partial charge in [0.05, 0.1) is 6.54 Å². The molecule has 3 rings (SSSR count). The first-order valence-corrected chi connectivity index (χ1v) is 8.18. The lowest BCUT2D eigenvalue weighted by molar-refractivity contribution is 0.210. The molecule has 1 atom stereocenters. The summed E-state index contributed by atoms with van der Waals surface area (Å²) in [5.41, 5.74) is 0.859. The molecule has 0 aliphatic carbocycles. The first-order chi connectivity index (χ1) is 11.3. The fourth-order valence-corrected chi connectivity index (χ4v) is 3.08. The standard InChI is InChI=1S/C16H25N7/c1-17-16(18-10-13-6-5-8-22(2)12-13)19-11-15-21-20-14-7-3-4-9-23(14)15/h3-4,7,9,13H,5-6,8,10-12H2,1-2H3,(H2,17,18,19). The van der Waals surface area contributed by atoms with Crippen LogP contribution in [0.25, 0.3) is 5.65 Å². The molecule has 23 heavy (non-hydrogen) atoms. The number of pyridine rings is 1. The number of fused-ring (bicyclic) bond motifs is 1. The minimum absolute atomic E-state index is 0.593. The van der Waals surface area contributed by atoms with E-state index in [1.54, 1.807) is 7.05 Å². The minimum Gasteiger partial charge on any atom is -0.356 e. The number of aromatic nitrogens is 3. The molecule has 0 bridgehead atoms. The summed E-state index contributed by atoms with van der Waals surface area (Å²) in [5, 5.41) is 15.1. The summed E-state index contributed by atoms with van der Waals surface area (Å²) in [6.07, 6.45) is 4.53. The van der Waals surface area contributed by atoms with Gasteiger partial charge in [-0.05, 0) is 44.5 Å². The van der Waals surface area contributed by atoms with Gasteiger partial charge >= 0.3 is 0 Å². The quantitative estimate of drug-likeness (QED) is 0.643. The lowest BCUT2D eigenvalue weighted by Gasteiger charge is -2.30. The highest BCUT2D eigenvalue weighted by Crippen LogP contribution is 2.13. The maximum atomic E-state index is 4.29. The number of guanidine groups is 1. The molecule has 0 saturated carbocycles. The van der Waals surface area contributed by atoms with E-state index in [1.807, 2.05) is 28.8 Å². The molecule has 0 radical (unpaired) electrons. The van der Waals surface area contributed by atoms with E-state index >= 15 is 0 Å². The average Bonchev–Trinajstić information content (AvgIpc) is 2.98. The first kappa shape index (κ1) is 15.7. The number of aliphatic imine (C=N–C) groups is 1. The summed E-state index contributed by atoms with van der Waals surface area (Å²) in [6.45, 7) is 3.91. The van der Waals surface area contributed by atoms with Gasteiger partial charge in [-0.1, -0.05) is 6.07 Å². The van der Waals surface area contributed by atoms with Crippen LogP contribution in [-0.2, 0) is 6.54 Å². The summed E-state index contributed by atoms with van der Waals surface area (Å²) >= 11 is 0. The van der Waals surface area contributed by atoms with Crippen LogP contribution in [0.3, 0.4) is 0 Å². The maximum absolute atomic E-state index is 4.29. The van der Waals surface area contributed by atoms with Crippen LogP contribution in [0, 0.1) is 5.92 Å². The maximum Gasteiger partial charge on any atom is 0.191 e. The Labute approximate surface area is 136 Å². The van der Waals surface area contributed by atoms with Gasteiger partial charge in [0.2, 0.25) is 0 Å². The van der Waals surface area contributed by atoms with Crippen LogP contribution in [0.5, 0.6) is 0 Å². The molecule has 7 heteroatoms. The number of likely N-dealkylation sites (tertiary alicyclic amines) is 1. The van der Waals surface area contributed by atoms with Crippen molar-refractivity contribution in [3.05, 3.63) is 30.2 Å². The molecule has 1 aliphatic rings. The molecular formula is C16H25N7. The molecule has 2 N–H and O–H groups in total. The molecule has 0 spiro atoms. The van der Waals surface area contributed by atoms with Crippen LogP contribution in [0.2, 0.25) is 0 Å². The molecule has 1 saturated heterocycles. The van der Waals surface area contributed by atoms with E-state index in [0.717, 1.165) is 30.5 Å². The molecule has 2 aromatic heterocycles. The summed E-state index contributed by atoms with van der Waals surface area (Å²) < 4.78 is 1.98. The third-order valence-electron chi connectivity index (χ3n) is 4.30. The fourth-order valence-electron chi connectivity index (χ4n) is 3.08. The third kappa shape index (κ3) is 3.98. The second kappa shape index (κ2) is 7.41. The first-order valence-electron chi connectivity index (χ1n) is 8.18. The Balaban J connectivity index is 1.51. The van der Waals surface area contributed by atoms with Gasteiger partial charge in [0, 0.05) is 26.3 Å². The molecule has 1 fully saturated rings. The van der Waals surface area contributed by atoms with Gasteiger partial charge in [-0.3, -0.25) is 9.39 Å². The van der Waals surface area contributed by atoms with Crippen molar-refractivity contribution in [3.63, 3.8) is 0 Å². The predicted octanol–water partition coefficient (Wildman–Crippen LogP) is 0.736. The highest BCUT2D eigenvalue weighted by atomic mass is 15.3. The fraction of sp³-hybridized carbons (Fsp3) is 0.562. The van der Waals surface area contributed by atoms with Gasteiger partial charge in [0.1, 0.15) is 0 Å². The SMILES string of the molecule is CN=C(NCc1nnc2ccccn12)NCC1CCCN(C)C1. The van der Waals surface area contributed by atoms with Gasteiger partial charge in [-0.15, -0.1) is 10.2 Å². The second-order valence-corrected chi connectivity index (χ2v) is 6.12. The van der Waals surface area contributed by atoms with E-state index in [1.165, 1.54) is 19.4 Å². The Hall–Kier alpha value is -2.15. The lowest BCUT2D eigenvalue weighted by atomic mass is 9.99. The van der Waals surface area contributed by atoms with Gasteiger partial charge < -0.3 is 15.5 Å². The number of rotatable bonds is 4. The monoisotopic (exact) mass is 315 g/mol. The van der Waals surface area contributed by atoms with Gasteiger partial charge in [0.25, 0.3) is 0 Å². The molecule has 124 valence electrons. The molecule has 2 aromatic rings. The zero-order valence-electron chi connectivity index (χ0n) is 13.9. The van der Waals surface area contributed by atoms with Crippen molar-refractivity contribution < 1.29 is 0 Å². The van der Waals surface area contributed by atoms with Crippen LogP contribution < -0.4 is 10.6 Å². The zero-order valence-corrected chi connectivity index (χ0v) is 13.9. The zero-order chi connectivity index (χ0) is 16.1. The highest BCUT2D eigenvalue weighted by molar-refractivity contribution is 5.79. The van der Waals surface area contributed by atoms with Gasteiger partial charge in [0.15, 0.2) is 17.4 Å². The van der Waals surface area contributed by atoms with E-state index in [0.29, 0.717) is 12.5 Å². The summed E-state index contributed by atoms with van der Waals surface area (Å²) in [5.74, 6) is 2.37. The predicted molar refractivity (Wildman–Crippen MR) is 91.4 cm³/mol. The number of hydrogen-bond donors (Lipinski definition) is 2. The van der Waals surface area contributed by atoms with Crippen LogP contribution in [-0.4, -0.2) is 59.2 Å². The lowest BCUT2D eigenvalue weighted by Crippen LogP contribution is -2.43. The number of nitrogens with zero attached hydrogens (tertiary/aromatic N) is 5. The Morgan fingerprint density at radius 2 is 2.26 bits per heavy atom. The van der Waals surface area contributed by atoms with Crippen LogP contribution in [0.4, 0.5) is 0 Å². The summed E-state index contributed by atoms with van der Waals surface area (Å²) in [7, 11) is 3.99. The van der Waals surface area contributed by atoms with Gasteiger partial charge in [-0.2, -0.15) is 0 Å². The minimum atomic E-state index is 0.593. The number of hydrogen-bond acceptors (Lipinski definition) is 4. The van der Waals surface area contributed by atoms with Gasteiger partial charge in [-0.25, -0.2) is 0 Å². The topological polar surface area (TPSA) is 69.8 Å². The van der Waals surface area contributed by atoms with Crippen molar-refractivity contribution >= 4 is 11.6 Å². The summed E-state index contributed by atoms with van der Waals surface area (Å²) in [6, 6.07) is 5.89. The molecule has 1 unspecified atom stereocenters. The Morgan fingerprint density at radius 3 is 3.09 bits per heavy atom. The molecule has 0 aromatic carbocycles. The van der Waals surface area contributed by atoms with Crippen molar-refractivity contribution in [2.45, 2.75) is 19.4 Å². The Bertz CT molecular complexity index is 663. The Morgan fingerprint density at radius 1 is 1.35 bits per heavy atom. The normalized spacial score (nSPS) is 19.9. The molecule has 0 amide bonds. The van der Waals surface area contributed by atoms with E-state index in [4.69, 9.17) is 0 Å². The second-order valence-electron chi connectivity index (χ2n) is 6.12. The van der Waals surface area contributed by atoms with Crippen molar-refractivity contribution in [1.29, 1.82) is 0 Å².